The lowest BCUT2D eigenvalue weighted by Crippen LogP contribution is -2.34. The van der Waals surface area contributed by atoms with Gasteiger partial charge < -0.3 is 35.4 Å². The van der Waals surface area contributed by atoms with Crippen LogP contribution in [0.3, 0.4) is 0 Å². The Morgan fingerprint density at radius 1 is 0.770 bits per heavy atom. The number of carbonyl (C=O) groups is 4. The van der Waals surface area contributed by atoms with Crippen LogP contribution in [0.1, 0.15) is 174 Å². The summed E-state index contributed by atoms with van der Waals surface area (Å²) in [5.74, 6) is -3.22. The summed E-state index contributed by atoms with van der Waals surface area (Å²) in [6, 6.07) is -1.56. The maximum absolute atomic E-state index is 12.8. The lowest BCUT2D eigenvalue weighted by molar-refractivity contribution is -0.161. The van der Waals surface area contributed by atoms with E-state index in [1.807, 2.05) is 0 Å². The Bertz CT molecular complexity index is 1340. The van der Waals surface area contributed by atoms with Crippen molar-refractivity contribution in [1.29, 1.82) is 0 Å². The van der Waals surface area contributed by atoms with Crippen molar-refractivity contribution in [2.45, 2.75) is 199 Å². The number of carbonyl (C=O) groups excluding carboxylic acids is 3. The van der Waals surface area contributed by atoms with Gasteiger partial charge in [-0.1, -0.05) is 134 Å². The Kier molecular flexibility index (Phi) is 33.0. The molecule has 15 heteroatoms. The molecule has 0 aromatic rings. The molecule has 0 amide bonds. The molecule has 1 aliphatic rings. The number of hydrogen-bond acceptors (Lipinski definition) is 12. The quantitative estimate of drug-likeness (QED) is 0.0168. The van der Waals surface area contributed by atoms with E-state index in [2.05, 4.69) is 42.7 Å². The van der Waals surface area contributed by atoms with E-state index in [-0.39, 0.29) is 36.9 Å². The van der Waals surface area contributed by atoms with Gasteiger partial charge >= 0.3 is 25.7 Å². The number of carboxylic acid groups (broad SMARTS) is 1. The van der Waals surface area contributed by atoms with Crippen LogP contribution < -0.4 is 5.73 Å². The third-order valence-corrected chi connectivity index (χ3v) is 11.7. The number of aliphatic hydroxyl groups is 2. The summed E-state index contributed by atoms with van der Waals surface area (Å²) in [6.07, 6.45) is 31.0. The number of rotatable bonds is 39. The van der Waals surface area contributed by atoms with Gasteiger partial charge in [0.2, 0.25) is 0 Å². The summed E-state index contributed by atoms with van der Waals surface area (Å²) < 4.78 is 32.7. The summed E-state index contributed by atoms with van der Waals surface area (Å²) >= 11 is 0. The van der Waals surface area contributed by atoms with Gasteiger partial charge in [0.25, 0.3) is 0 Å². The van der Waals surface area contributed by atoms with E-state index in [4.69, 9.17) is 24.8 Å². The standard InChI is InChI=1S/C46H80NO13P/c1-3-5-7-8-9-10-11-12-13-14-15-16-17-18-19-20-25-29-44(51)57-34-38(35-58-61(55,56)59-36-41(47)46(53)54)60-45(52)30-26-22-21-24-28-39-40(43(50)33-42(39)49)32-31-37(48)27-23-6-4-2/h9-10,12-13,31-32,37-41,43,48,50H,3-8,11,14-30,33-36,47H2,1-2H3,(H,53,54)(H,55,56)/b10-9-,13-12-,32-31+/t37-,38+,39+,40+,41-,43+/m0/s1. The van der Waals surface area contributed by atoms with Crippen LogP contribution in [-0.2, 0) is 42.3 Å². The molecule has 0 radical (unpaired) electrons. The predicted octanol–water partition coefficient (Wildman–Crippen LogP) is 8.98. The molecule has 0 heterocycles. The lowest BCUT2D eigenvalue weighted by atomic mass is 9.88. The SMILES string of the molecule is CCCCC/C=C\C/C=C\CCCCCCCCCC(=O)OC[C@H](COP(=O)(O)OC[C@H](N)C(=O)O)OC(=O)CCCCCC[C@H]1C(=O)C[C@@H](O)[C@@H]1/C=C/[C@@H](O)CCCCC. The Labute approximate surface area is 365 Å². The van der Waals surface area contributed by atoms with E-state index in [0.717, 1.165) is 77.0 Å². The van der Waals surface area contributed by atoms with E-state index in [1.165, 1.54) is 25.7 Å². The van der Waals surface area contributed by atoms with Crippen molar-refractivity contribution < 1.29 is 62.5 Å². The summed E-state index contributed by atoms with van der Waals surface area (Å²) in [7, 11) is -4.79. The normalized spacial score (nSPS) is 19.4. The number of ketones is 1. The van der Waals surface area contributed by atoms with Gasteiger partial charge in [0.1, 0.15) is 18.4 Å². The average Bonchev–Trinajstić information content (AvgIpc) is 3.49. The molecule has 6 N–H and O–H groups in total. The van der Waals surface area contributed by atoms with Gasteiger partial charge in [0.15, 0.2) is 6.10 Å². The maximum Gasteiger partial charge on any atom is 0.472 e. The first-order chi connectivity index (χ1) is 29.3. The number of phosphoric ester groups is 1. The molecule has 61 heavy (non-hydrogen) atoms. The van der Waals surface area contributed by atoms with Crippen LogP contribution in [-0.4, -0.2) is 88.1 Å². The minimum atomic E-state index is -4.79. The number of unbranched alkanes of at least 4 members (excludes halogenated alkanes) is 15. The monoisotopic (exact) mass is 886 g/mol. The third-order valence-electron chi connectivity index (χ3n) is 10.8. The van der Waals surface area contributed by atoms with Gasteiger partial charge in [-0.3, -0.25) is 28.2 Å². The summed E-state index contributed by atoms with van der Waals surface area (Å²) in [5.41, 5.74) is 5.33. The van der Waals surface area contributed by atoms with E-state index in [9.17, 15) is 38.8 Å². The van der Waals surface area contributed by atoms with Crippen molar-refractivity contribution in [3.05, 3.63) is 36.5 Å². The van der Waals surface area contributed by atoms with Crippen LogP contribution in [0.15, 0.2) is 36.5 Å². The first-order valence-corrected chi connectivity index (χ1v) is 24.6. The second-order valence-electron chi connectivity index (χ2n) is 16.3. The zero-order valence-corrected chi connectivity index (χ0v) is 38.1. The van der Waals surface area contributed by atoms with Gasteiger partial charge in [-0.05, 0) is 57.8 Å². The van der Waals surface area contributed by atoms with Crippen LogP contribution in [0, 0.1) is 11.8 Å². The van der Waals surface area contributed by atoms with Gasteiger partial charge in [-0.25, -0.2) is 4.57 Å². The molecule has 0 aliphatic heterocycles. The van der Waals surface area contributed by atoms with Crippen LogP contribution in [0.4, 0.5) is 0 Å². The lowest BCUT2D eigenvalue weighted by Gasteiger charge is -2.20. The van der Waals surface area contributed by atoms with Crippen molar-refractivity contribution >= 4 is 31.5 Å². The van der Waals surface area contributed by atoms with E-state index in [0.29, 0.717) is 38.5 Å². The van der Waals surface area contributed by atoms with Crippen LogP contribution in [0.2, 0.25) is 0 Å². The molecule has 1 unspecified atom stereocenters. The number of nitrogens with two attached hydrogens (primary N) is 1. The Hall–Kier alpha value is -2.71. The van der Waals surface area contributed by atoms with E-state index >= 15 is 0 Å². The van der Waals surface area contributed by atoms with Crippen LogP contribution in [0.25, 0.3) is 0 Å². The molecule has 0 saturated heterocycles. The Morgan fingerprint density at radius 3 is 1.97 bits per heavy atom. The zero-order valence-electron chi connectivity index (χ0n) is 37.2. The highest BCUT2D eigenvalue weighted by Crippen LogP contribution is 2.43. The number of hydrogen-bond donors (Lipinski definition) is 5. The van der Waals surface area contributed by atoms with Gasteiger partial charge in [0, 0.05) is 31.1 Å². The molecular weight excluding hydrogens is 805 g/mol. The maximum atomic E-state index is 12.8. The van der Waals surface area contributed by atoms with Crippen molar-refractivity contribution in [1.82, 2.24) is 0 Å². The largest absolute Gasteiger partial charge is 0.480 e. The van der Waals surface area contributed by atoms with E-state index in [1.54, 1.807) is 12.2 Å². The Balaban J connectivity index is 2.45. The van der Waals surface area contributed by atoms with Gasteiger partial charge in [-0.2, -0.15) is 0 Å². The molecule has 0 aromatic carbocycles. The minimum Gasteiger partial charge on any atom is -0.480 e. The number of allylic oxidation sites excluding steroid dienone is 4. The van der Waals surface area contributed by atoms with E-state index < -0.39 is 69.9 Å². The third kappa shape index (κ3) is 30.1. The molecule has 1 rings (SSSR count). The molecular formula is C46H80NO13P. The number of Topliss-reactive ketones (excluding diaryl/α,β-unsaturated/α-hetero) is 1. The number of aliphatic carboxylic acids is 1. The van der Waals surface area contributed by atoms with Crippen LogP contribution >= 0.6 is 7.82 Å². The fourth-order valence-electron chi connectivity index (χ4n) is 7.05. The minimum absolute atomic E-state index is 0.0136. The molecule has 14 nitrogen and oxygen atoms in total. The van der Waals surface area contributed by atoms with Gasteiger partial charge in [-0.15, -0.1) is 0 Å². The molecule has 352 valence electrons. The highest BCUT2D eigenvalue weighted by Gasteiger charge is 2.39. The number of ether oxygens (including phenoxy) is 2. The highest BCUT2D eigenvalue weighted by atomic mass is 31.2. The summed E-state index contributed by atoms with van der Waals surface area (Å²) in [5, 5.41) is 29.7. The molecule has 0 spiro atoms. The number of phosphoric acid groups is 1. The molecule has 7 atom stereocenters. The predicted molar refractivity (Wildman–Crippen MR) is 236 cm³/mol. The summed E-state index contributed by atoms with van der Waals surface area (Å²) in [4.78, 5) is 58.9. The second-order valence-corrected chi connectivity index (χ2v) is 17.8. The zero-order chi connectivity index (χ0) is 45.1. The summed E-state index contributed by atoms with van der Waals surface area (Å²) in [6.45, 7) is 2.43. The molecule has 0 aromatic heterocycles. The topological polar surface area (TPSA) is 229 Å². The number of aliphatic hydroxyl groups excluding tert-OH is 2. The number of esters is 2. The fourth-order valence-corrected chi connectivity index (χ4v) is 7.83. The Morgan fingerprint density at radius 2 is 1.33 bits per heavy atom. The first kappa shape index (κ1) is 56.3. The molecule has 1 aliphatic carbocycles. The highest BCUT2D eigenvalue weighted by molar-refractivity contribution is 7.47. The second kappa shape index (κ2) is 35.7. The van der Waals surface area contributed by atoms with Crippen molar-refractivity contribution in [3.63, 3.8) is 0 Å². The van der Waals surface area contributed by atoms with Crippen LogP contribution in [0.5, 0.6) is 0 Å². The smallest absolute Gasteiger partial charge is 0.472 e. The van der Waals surface area contributed by atoms with Crippen molar-refractivity contribution in [2.24, 2.45) is 17.6 Å². The van der Waals surface area contributed by atoms with Gasteiger partial charge in [0.05, 0.1) is 25.4 Å². The number of carboxylic acids is 1. The molecule has 1 fully saturated rings. The fraction of sp³-hybridized carbons (Fsp3) is 0.783. The van der Waals surface area contributed by atoms with Crippen molar-refractivity contribution in [2.75, 3.05) is 19.8 Å². The van der Waals surface area contributed by atoms with Crippen molar-refractivity contribution in [3.8, 4) is 0 Å². The first-order valence-electron chi connectivity index (χ1n) is 23.1. The average molecular weight is 886 g/mol. The molecule has 0 bridgehead atoms. The molecule has 1 saturated carbocycles.